The molecule has 0 spiro atoms. The van der Waals surface area contributed by atoms with Gasteiger partial charge in [0.1, 0.15) is 0 Å². The van der Waals surface area contributed by atoms with Crippen molar-refractivity contribution in [2.45, 2.75) is 33.1 Å². The van der Waals surface area contributed by atoms with E-state index < -0.39 is 0 Å². The fourth-order valence-electron chi connectivity index (χ4n) is 2.79. The highest BCUT2D eigenvalue weighted by molar-refractivity contribution is 5.90. The Hall–Kier alpha value is -1.55. The summed E-state index contributed by atoms with van der Waals surface area (Å²) in [5, 5.41) is 2.91. The van der Waals surface area contributed by atoms with Crippen molar-refractivity contribution in [3.63, 3.8) is 0 Å². The van der Waals surface area contributed by atoms with Crippen molar-refractivity contribution in [3.8, 4) is 0 Å². The Kier molecular flexibility index (Phi) is 4.65. The van der Waals surface area contributed by atoms with Crippen LogP contribution in [0.15, 0.2) is 24.3 Å². The number of rotatable bonds is 4. The lowest BCUT2D eigenvalue weighted by Gasteiger charge is -2.37. The van der Waals surface area contributed by atoms with Crippen LogP contribution in [-0.4, -0.2) is 30.4 Å². The first-order valence-corrected chi connectivity index (χ1v) is 7.32. The predicted molar refractivity (Wildman–Crippen MR) is 83.6 cm³/mol. The topological polar surface area (TPSA) is 58.4 Å². The van der Waals surface area contributed by atoms with Crippen LogP contribution < -0.4 is 11.1 Å². The number of nitrogens with zero attached hydrogens (tertiary/aromatic N) is 1. The van der Waals surface area contributed by atoms with E-state index in [0.29, 0.717) is 17.5 Å². The summed E-state index contributed by atoms with van der Waals surface area (Å²) in [6.45, 7) is 7.63. The van der Waals surface area contributed by atoms with Gasteiger partial charge >= 0.3 is 0 Å². The summed E-state index contributed by atoms with van der Waals surface area (Å²) in [6.07, 6.45) is 3.05. The predicted octanol–water partition coefficient (Wildman–Crippen LogP) is 2.72. The highest BCUT2D eigenvalue weighted by Crippen LogP contribution is 2.28. The van der Waals surface area contributed by atoms with Crippen molar-refractivity contribution in [3.05, 3.63) is 24.3 Å². The maximum Gasteiger partial charge on any atom is 0.225 e. The Balaban J connectivity index is 1.76. The molecule has 1 heterocycles. The van der Waals surface area contributed by atoms with Crippen LogP contribution >= 0.6 is 0 Å². The summed E-state index contributed by atoms with van der Waals surface area (Å²) in [6, 6.07) is 7.25. The highest BCUT2D eigenvalue weighted by atomic mass is 16.1. The largest absolute Gasteiger partial charge is 0.399 e. The van der Waals surface area contributed by atoms with Gasteiger partial charge < -0.3 is 16.0 Å². The van der Waals surface area contributed by atoms with Crippen LogP contribution in [0.2, 0.25) is 0 Å². The number of likely N-dealkylation sites (tertiary alicyclic amines) is 1. The number of nitrogens with two attached hydrogens (primary N) is 1. The molecule has 1 aromatic carbocycles. The first kappa shape index (κ1) is 14.9. The molecule has 3 N–H and O–H groups in total. The van der Waals surface area contributed by atoms with E-state index in [1.807, 2.05) is 12.1 Å². The van der Waals surface area contributed by atoms with E-state index in [4.69, 9.17) is 5.73 Å². The maximum absolute atomic E-state index is 11.9. The summed E-state index contributed by atoms with van der Waals surface area (Å²) >= 11 is 0. The summed E-state index contributed by atoms with van der Waals surface area (Å²) in [7, 11) is 0. The lowest BCUT2D eigenvalue weighted by Crippen LogP contribution is -2.41. The number of nitrogen functional groups attached to an aromatic ring is 1. The molecule has 1 amide bonds. The standard InChI is InChI=1S/C16H25N3O/c1-16(2)9-3-10-19(12-16)11-8-15(20)18-14-6-4-13(17)5-7-14/h4-7H,3,8-12,17H2,1-2H3,(H,18,20). The molecule has 0 aliphatic carbocycles. The molecule has 4 nitrogen and oxygen atoms in total. The van der Waals surface area contributed by atoms with E-state index in [1.165, 1.54) is 12.8 Å². The van der Waals surface area contributed by atoms with Crippen LogP contribution in [0.3, 0.4) is 0 Å². The molecule has 1 aliphatic heterocycles. The van der Waals surface area contributed by atoms with Gasteiger partial charge in [-0.15, -0.1) is 0 Å². The summed E-state index contributed by atoms with van der Waals surface area (Å²) in [5.41, 5.74) is 7.52. The molecule has 0 saturated carbocycles. The Labute approximate surface area is 121 Å². The molecule has 0 unspecified atom stereocenters. The SMILES string of the molecule is CC1(C)CCCN(CCC(=O)Nc2ccc(N)cc2)C1. The molecule has 1 aliphatic rings. The third kappa shape index (κ3) is 4.53. The van der Waals surface area contributed by atoms with Gasteiger partial charge in [0.2, 0.25) is 5.91 Å². The summed E-state index contributed by atoms with van der Waals surface area (Å²) in [4.78, 5) is 14.3. The van der Waals surface area contributed by atoms with Crippen molar-refractivity contribution >= 4 is 17.3 Å². The van der Waals surface area contributed by atoms with Gasteiger partial charge in [0, 0.05) is 30.9 Å². The van der Waals surface area contributed by atoms with Crippen molar-refractivity contribution in [2.75, 3.05) is 30.7 Å². The van der Waals surface area contributed by atoms with Crippen molar-refractivity contribution in [1.29, 1.82) is 0 Å². The number of anilines is 2. The fourth-order valence-corrected chi connectivity index (χ4v) is 2.79. The third-order valence-corrected chi connectivity index (χ3v) is 3.83. The minimum Gasteiger partial charge on any atom is -0.399 e. The number of piperidine rings is 1. The molecule has 1 aromatic rings. The lowest BCUT2D eigenvalue weighted by atomic mass is 9.84. The number of nitrogens with one attached hydrogen (secondary N) is 1. The molecular formula is C16H25N3O. The van der Waals surface area contributed by atoms with Gasteiger partial charge in [-0.05, 0) is 49.1 Å². The number of carbonyl (C=O) groups is 1. The van der Waals surface area contributed by atoms with E-state index >= 15 is 0 Å². The van der Waals surface area contributed by atoms with Gasteiger partial charge in [-0.3, -0.25) is 4.79 Å². The van der Waals surface area contributed by atoms with E-state index in [1.54, 1.807) is 12.1 Å². The molecule has 4 heteroatoms. The molecule has 0 aromatic heterocycles. The molecule has 2 rings (SSSR count). The molecule has 1 saturated heterocycles. The second-order valence-electron chi connectivity index (χ2n) is 6.46. The average molecular weight is 275 g/mol. The zero-order chi connectivity index (χ0) is 14.6. The first-order valence-electron chi connectivity index (χ1n) is 7.32. The van der Waals surface area contributed by atoms with Crippen LogP contribution in [0.4, 0.5) is 11.4 Å². The molecule has 0 radical (unpaired) electrons. The Bertz CT molecular complexity index is 453. The molecule has 1 fully saturated rings. The van der Waals surface area contributed by atoms with Gasteiger partial charge in [-0.2, -0.15) is 0 Å². The van der Waals surface area contributed by atoms with Gasteiger partial charge in [-0.1, -0.05) is 13.8 Å². The van der Waals surface area contributed by atoms with Gasteiger partial charge in [0.25, 0.3) is 0 Å². The van der Waals surface area contributed by atoms with E-state index in [-0.39, 0.29) is 5.91 Å². The zero-order valence-electron chi connectivity index (χ0n) is 12.5. The van der Waals surface area contributed by atoms with Crippen LogP contribution in [-0.2, 0) is 4.79 Å². The monoisotopic (exact) mass is 275 g/mol. The maximum atomic E-state index is 11.9. The second kappa shape index (κ2) is 6.27. The quantitative estimate of drug-likeness (QED) is 0.831. The average Bonchev–Trinajstić information content (AvgIpc) is 2.38. The Morgan fingerprint density at radius 1 is 1.35 bits per heavy atom. The fraction of sp³-hybridized carbons (Fsp3) is 0.562. The van der Waals surface area contributed by atoms with Crippen molar-refractivity contribution in [1.82, 2.24) is 4.90 Å². The second-order valence-corrected chi connectivity index (χ2v) is 6.46. The van der Waals surface area contributed by atoms with Gasteiger partial charge in [0.05, 0.1) is 0 Å². The molecule has 0 bridgehead atoms. The number of hydrogen-bond donors (Lipinski definition) is 2. The van der Waals surface area contributed by atoms with Crippen molar-refractivity contribution in [2.24, 2.45) is 5.41 Å². The minimum absolute atomic E-state index is 0.0677. The number of amides is 1. The number of hydrogen-bond acceptors (Lipinski definition) is 3. The zero-order valence-corrected chi connectivity index (χ0v) is 12.5. The summed E-state index contributed by atoms with van der Waals surface area (Å²) < 4.78 is 0. The molecule has 110 valence electrons. The van der Waals surface area contributed by atoms with Gasteiger partial charge in [0.15, 0.2) is 0 Å². The van der Waals surface area contributed by atoms with Crippen LogP contribution in [0.5, 0.6) is 0 Å². The Morgan fingerprint density at radius 2 is 2.05 bits per heavy atom. The smallest absolute Gasteiger partial charge is 0.225 e. The number of carbonyl (C=O) groups excluding carboxylic acids is 1. The lowest BCUT2D eigenvalue weighted by molar-refractivity contribution is -0.116. The minimum atomic E-state index is 0.0677. The summed E-state index contributed by atoms with van der Waals surface area (Å²) in [5.74, 6) is 0.0677. The van der Waals surface area contributed by atoms with E-state index in [9.17, 15) is 4.79 Å². The first-order chi connectivity index (χ1) is 9.44. The van der Waals surface area contributed by atoms with Gasteiger partial charge in [-0.25, -0.2) is 0 Å². The third-order valence-electron chi connectivity index (χ3n) is 3.83. The highest BCUT2D eigenvalue weighted by Gasteiger charge is 2.26. The van der Waals surface area contributed by atoms with Crippen LogP contribution in [0, 0.1) is 5.41 Å². The number of benzene rings is 1. The van der Waals surface area contributed by atoms with Crippen LogP contribution in [0.25, 0.3) is 0 Å². The van der Waals surface area contributed by atoms with Crippen molar-refractivity contribution < 1.29 is 4.79 Å². The Morgan fingerprint density at radius 3 is 2.70 bits per heavy atom. The molecular weight excluding hydrogens is 250 g/mol. The normalized spacial score (nSPS) is 18.7. The molecule has 20 heavy (non-hydrogen) atoms. The van der Waals surface area contributed by atoms with Crippen LogP contribution in [0.1, 0.15) is 33.1 Å². The van der Waals surface area contributed by atoms with E-state index in [2.05, 4.69) is 24.1 Å². The van der Waals surface area contributed by atoms with E-state index in [0.717, 1.165) is 25.3 Å². The molecule has 0 atom stereocenters.